The van der Waals surface area contributed by atoms with Gasteiger partial charge in [-0.1, -0.05) is 18.2 Å². The van der Waals surface area contributed by atoms with Crippen LogP contribution < -0.4 is 21.1 Å². The van der Waals surface area contributed by atoms with Gasteiger partial charge in [0.05, 0.1) is 12.8 Å². The van der Waals surface area contributed by atoms with Crippen LogP contribution in [-0.2, 0) is 0 Å². The lowest BCUT2D eigenvalue weighted by Crippen LogP contribution is -2.15. The van der Waals surface area contributed by atoms with Crippen LogP contribution in [0.4, 0.5) is 11.4 Å². The fourth-order valence-electron chi connectivity index (χ4n) is 2.65. The Morgan fingerprint density at radius 2 is 1.34 bits per heavy atom. The first-order valence-electron chi connectivity index (χ1n) is 8.73. The smallest absolute Gasteiger partial charge is 0.255 e. The number of nitrogens with one attached hydrogen (secondary N) is 2. The van der Waals surface area contributed by atoms with Crippen LogP contribution in [0.5, 0.6) is 5.75 Å². The zero-order valence-electron chi connectivity index (χ0n) is 15.6. The predicted octanol–water partition coefficient (Wildman–Crippen LogP) is 3.30. The van der Waals surface area contributed by atoms with Gasteiger partial charge < -0.3 is 21.1 Å². The van der Waals surface area contributed by atoms with Gasteiger partial charge in [-0.2, -0.15) is 0 Å². The number of amides is 3. The maximum atomic E-state index is 12.5. The van der Waals surface area contributed by atoms with Crippen molar-refractivity contribution in [2.24, 2.45) is 5.73 Å². The van der Waals surface area contributed by atoms with Gasteiger partial charge in [0.25, 0.3) is 11.8 Å². The van der Waals surface area contributed by atoms with E-state index in [0.29, 0.717) is 28.3 Å². The van der Waals surface area contributed by atoms with Gasteiger partial charge in [-0.05, 0) is 54.6 Å². The molecule has 0 radical (unpaired) electrons. The van der Waals surface area contributed by atoms with E-state index in [1.54, 1.807) is 54.6 Å². The highest BCUT2D eigenvalue weighted by Gasteiger charge is 2.13. The van der Waals surface area contributed by atoms with Crippen molar-refractivity contribution in [1.29, 1.82) is 0 Å². The third-order valence-electron chi connectivity index (χ3n) is 4.17. The second kappa shape index (κ2) is 8.71. The molecule has 0 spiro atoms. The van der Waals surface area contributed by atoms with Crippen molar-refractivity contribution in [3.05, 3.63) is 89.5 Å². The number of anilines is 2. The van der Waals surface area contributed by atoms with Crippen molar-refractivity contribution < 1.29 is 19.1 Å². The molecule has 0 aliphatic carbocycles. The zero-order chi connectivity index (χ0) is 20.8. The van der Waals surface area contributed by atoms with E-state index >= 15 is 0 Å². The Balaban J connectivity index is 1.72. The molecule has 3 amide bonds. The highest BCUT2D eigenvalue weighted by atomic mass is 16.5. The molecule has 0 saturated carbocycles. The number of methoxy groups -OCH3 is 1. The first kappa shape index (κ1) is 19.6. The molecule has 29 heavy (non-hydrogen) atoms. The van der Waals surface area contributed by atoms with Gasteiger partial charge in [-0.25, -0.2) is 0 Å². The summed E-state index contributed by atoms with van der Waals surface area (Å²) < 4.78 is 5.21. The average Bonchev–Trinajstić information content (AvgIpc) is 2.74. The number of nitrogens with two attached hydrogens (primary N) is 1. The average molecular weight is 389 g/mol. The SMILES string of the molecule is COc1ccc(C(N)=O)cc1NC(=O)c1ccc(NC(=O)c2ccccc2)cc1. The molecular formula is C22H19N3O4. The molecule has 0 saturated heterocycles. The van der Waals surface area contributed by atoms with E-state index in [0.717, 1.165) is 0 Å². The molecule has 3 aromatic rings. The Labute approximate surface area is 167 Å². The highest BCUT2D eigenvalue weighted by Crippen LogP contribution is 2.26. The summed E-state index contributed by atoms with van der Waals surface area (Å²) in [6, 6.07) is 19.8. The number of primary amides is 1. The van der Waals surface area contributed by atoms with E-state index in [1.807, 2.05) is 6.07 Å². The first-order valence-corrected chi connectivity index (χ1v) is 8.73. The molecule has 0 heterocycles. The number of hydrogen-bond acceptors (Lipinski definition) is 4. The number of ether oxygens (including phenoxy) is 1. The topological polar surface area (TPSA) is 111 Å². The molecule has 0 aliphatic rings. The van der Waals surface area contributed by atoms with E-state index < -0.39 is 11.8 Å². The Hall–Kier alpha value is -4.13. The number of carbonyl (C=O) groups is 3. The summed E-state index contributed by atoms with van der Waals surface area (Å²) in [7, 11) is 1.46. The summed E-state index contributed by atoms with van der Waals surface area (Å²) >= 11 is 0. The lowest BCUT2D eigenvalue weighted by molar-refractivity contribution is 0.0995. The van der Waals surface area contributed by atoms with Crippen LogP contribution in [0.3, 0.4) is 0 Å². The van der Waals surface area contributed by atoms with Crippen molar-refractivity contribution in [3.8, 4) is 5.75 Å². The van der Waals surface area contributed by atoms with Crippen LogP contribution in [0.2, 0.25) is 0 Å². The van der Waals surface area contributed by atoms with Crippen molar-refractivity contribution in [2.45, 2.75) is 0 Å². The number of benzene rings is 3. The van der Waals surface area contributed by atoms with Crippen LogP contribution in [0.25, 0.3) is 0 Å². The van der Waals surface area contributed by atoms with Gasteiger partial charge >= 0.3 is 0 Å². The van der Waals surface area contributed by atoms with E-state index in [-0.39, 0.29) is 11.5 Å². The molecule has 4 N–H and O–H groups in total. The van der Waals surface area contributed by atoms with Crippen molar-refractivity contribution in [3.63, 3.8) is 0 Å². The molecule has 0 bridgehead atoms. The van der Waals surface area contributed by atoms with Crippen LogP contribution in [-0.4, -0.2) is 24.8 Å². The predicted molar refractivity (Wildman–Crippen MR) is 110 cm³/mol. The maximum Gasteiger partial charge on any atom is 0.255 e. The largest absolute Gasteiger partial charge is 0.495 e. The fraction of sp³-hybridized carbons (Fsp3) is 0.0455. The molecule has 0 fully saturated rings. The standard InChI is InChI=1S/C22H19N3O4/c1-29-19-12-9-16(20(23)26)13-18(19)25-22(28)15-7-10-17(11-8-15)24-21(27)14-5-3-2-4-6-14/h2-13H,1H3,(H2,23,26)(H,24,27)(H,25,28). The lowest BCUT2D eigenvalue weighted by atomic mass is 10.1. The minimum atomic E-state index is -0.610. The summed E-state index contributed by atoms with van der Waals surface area (Å²) in [6.45, 7) is 0. The fourth-order valence-corrected chi connectivity index (χ4v) is 2.65. The summed E-state index contributed by atoms with van der Waals surface area (Å²) in [4.78, 5) is 36.1. The molecule has 146 valence electrons. The van der Waals surface area contributed by atoms with Crippen LogP contribution >= 0.6 is 0 Å². The van der Waals surface area contributed by atoms with E-state index in [9.17, 15) is 14.4 Å². The Morgan fingerprint density at radius 3 is 1.97 bits per heavy atom. The summed E-state index contributed by atoms with van der Waals surface area (Å²) in [5.41, 5.74) is 7.33. The van der Waals surface area contributed by atoms with Crippen LogP contribution in [0.15, 0.2) is 72.8 Å². The quantitative estimate of drug-likeness (QED) is 0.601. The molecular weight excluding hydrogens is 370 g/mol. The van der Waals surface area contributed by atoms with Crippen molar-refractivity contribution in [1.82, 2.24) is 0 Å². The minimum absolute atomic E-state index is 0.240. The van der Waals surface area contributed by atoms with E-state index in [1.165, 1.54) is 19.2 Å². The molecule has 3 aromatic carbocycles. The van der Waals surface area contributed by atoms with Crippen LogP contribution in [0, 0.1) is 0 Å². The second-order valence-corrected chi connectivity index (χ2v) is 6.13. The second-order valence-electron chi connectivity index (χ2n) is 6.13. The minimum Gasteiger partial charge on any atom is -0.495 e. The van der Waals surface area contributed by atoms with Gasteiger partial charge in [-0.15, -0.1) is 0 Å². The number of carbonyl (C=O) groups excluding carboxylic acids is 3. The zero-order valence-corrected chi connectivity index (χ0v) is 15.6. The molecule has 3 rings (SSSR count). The summed E-state index contributed by atoms with van der Waals surface area (Å²) in [6.07, 6.45) is 0. The normalized spacial score (nSPS) is 10.1. The van der Waals surface area contributed by atoms with Gasteiger partial charge in [0, 0.05) is 22.4 Å². The van der Waals surface area contributed by atoms with Crippen molar-refractivity contribution in [2.75, 3.05) is 17.7 Å². The van der Waals surface area contributed by atoms with Crippen molar-refractivity contribution >= 4 is 29.1 Å². The third kappa shape index (κ3) is 4.78. The molecule has 7 nitrogen and oxygen atoms in total. The van der Waals surface area contributed by atoms with Gasteiger partial charge in [-0.3, -0.25) is 14.4 Å². The molecule has 0 aliphatic heterocycles. The Kier molecular flexibility index (Phi) is 5.89. The van der Waals surface area contributed by atoms with Crippen LogP contribution in [0.1, 0.15) is 31.1 Å². The number of rotatable bonds is 6. The highest BCUT2D eigenvalue weighted by molar-refractivity contribution is 6.07. The third-order valence-corrected chi connectivity index (χ3v) is 4.17. The maximum absolute atomic E-state index is 12.5. The van der Waals surface area contributed by atoms with Gasteiger partial charge in [0.15, 0.2) is 0 Å². The summed E-state index contributed by atoms with van der Waals surface area (Å²) in [5, 5.41) is 5.47. The molecule has 0 atom stereocenters. The number of hydrogen-bond donors (Lipinski definition) is 3. The van der Waals surface area contributed by atoms with Gasteiger partial charge in [0.2, 0.25) is 5.91 Å². The Morgan fingerprint density at radius 1 is 0.759 bits per heavy atom. The lowest BCUT2D eigenvalue weighted by Gasteiger charge is -2.12. The molecule has 7 heteroatoms. The monoisotopic (exact) mass is 389 g/mol. The summed E-state index contributed by atoms with van der Waals surface area (Å²) in [5.74, 6) is -0.849. The molecule has 0 unspecified atom stereocenters. The first-order chi connectivity index (χ1) is 14.0. The Bertz CT molecular complexity index is 1050. The van der Waals surface area contributed by atoms with Gasteiger partial charge in [0.1, 0.15) is 5.75 Å². The van der Waals surface area contributed by atoms with E-state index in [4.69, 9.17) is 10.5 Å². The molecule has 0 aromatic heterocycles. The van der Waals surface area contributed by atoms with E-state index in [2.05, 4.69) is 10.6 Å².